The van der Waals surface area contributed by atoms with Gasteiger partial charge in [0.15, 0.2) is 0 Å². The second-order valence-electron chi connectivity index (χ2n) is 8.50. The summed E-state index contributed by atoms with van der Waals surface area (Å²) < 4.78 is 66.3. The van der Waals surface area contributed by atoms with Gasteiger partial charge in [-0.3, -0.25) is 8.61 Å². The van der Waals surface area contributed by atoms with E-state index in [1.165, 1.54) is 7.05 Å². The Hall–Kier alpha value is -1.39. The van der Waals surface area contributed by atoms with Crippen molar-refractivity contribution < 1.29 is 26.5 Å². The van der Waals surface area contributed by atoms with Crippen LogP contribution in [0.15, 0.2) is 18.2 Å². The van der Waals surface area contributed by atoms with Gasteiger partial charge in [-0.25, -0.2) is 8.78 Å². The highest BCUT2D eigenvalue weighted by Crippen LogP contribution is 2.51. The summed E-state index contributed by atoms with van der Waals surface area (Å²) in [5, 5.41) is 0. The molecule has 0 amide bonds. The fourth-order valence-corrected chi connectivity index (χ4v) is 4.85. The van der Waals surface area contributed by atoms with Crippen molar-refractivity contribution in [2.75, 3.05) is 22.2 Å². The molecule has 1 saturated heterocycles. The zero-order valence-electron chi connectivity index (χ0n) is 16.0. The number of rotatable bonds is 3. The van der Waals surface area contributed by atoms with E-state index in [-0.39, 0.29) is 13.0 Å². The summed E-state index contributed by atoms with van der Waals surface area (Å²) in [4.78, 5) is 0. The Kier molecular flexibility index (Phi) is 3.76. The summed E-state index contributed by atoms with van der Waals surface area (Å²) in [7, 11) is -3.07. The molecule has 2 fully saturated rings. The minimum absolute atomic E-state index is 0.220. The van der Waals surface area contributed by atoms with E-state index in [1.807, 2.05) is 27.7 Å². The minimum Gasteiger partial charge on any atom is -0.399 e. The molecular formula is C17H23BF2N2O4S. The fraction of sp³-hybridized carbons (Fsp3) is 0.647. The highest BCUT2D eigenvalue weighted by molar-refractivity contribution is 7.94. The first-order valence-electron chi connectivity index (χ1n) is 8.90. The second-order valence-corrected chi connectivity index (χ2v) is 10.4. The van der Waals surface area contributed by atoms with Crippen molar-refractivity contribution in [1.29, 1.82) is 0 Å². The average molecular weight is 400 g/mol. The van der Waals surface area contributed by atoms with E-state index in [0.717, 1.165) is 8.61 Å². The Morgan fingerprint density at radius 3 is 2.22 bits per heavy atom. The van der Waals surface area contributed by atoms with Crippen molar-refractivity contribution in [2.24, 2.45) is 5.92 Å². The number of hydrogen-bond acceptors (Lipinski definition) is 4. The number of nitrogens with zero attached hydrogens (tertiary/aromatic N) is 2. The molecule has 1 aromatic carbocycles. The lowest BCUT2D eigenvalue weighted by atomic mass is 9.78. The molecule has 0 bridgehead atoms. The number of fused-ring (bicyclic) bond motifs is 1. The third-order valence-electron chi connectivity index (χ3n) is 6.10. The van der Waals surface area contributed by atoms with Gasteiger partial charge in [-0.05, 0) is 45.3 Å². The zero-order chi connectivity index (χ0) is 20.0. The molecule has 1 aliphatic carbocycles. The fourth-order valence-electron chi connectivity index (χ4n) is 3.39. The molecule has 1 saturated carbocycles. The predicted molar refractivity (Wildman–Crippen MR) is 99.9 cm³/mol. The Labute approximate surface area is 158 Å². The third-order valence-corrected chi connectivity index (χ3v) is 7.89. The van der Waals surface area contributed by atoms with E-state index in [1.54, 1.807) is 18.2 Å². The Bertz CT molecular complexity index is 890. The number of hydrogen-bond donors (Lipinski definition) is 0. The minimum atomic E-state index is -3.86. The predicted octanol–water partition coefficient (Wildman–Crippen LogP) is 2.14. The monoisotopic (exact) mass is 400 g/mol. The van der Waals surface area contributed by atoms with Crippen molar-refractivity contribution >= 4 is 34.2 Å². The van der Waals surface area contributed by atoms with Crippen LogP contribution in [0.3, 0.4) is 0 Å². The molecule has 0 radical (unpaired) electrons. The smallest absolute Gasteiger partial charge is 0.399 e. The van der Waals surface area contributed by atoms with Gasteiger partial charge in [0.2, 0.25) is 0 Å². The van der Waals surface area contributed by atoms with Crippen molar-refractivity contribution in [3.63, 3.8) is 0 Å². The van der Waals surface area contributed by atoms with Crippen molar-refractivity contribution in [3.8, 4) is 0 Å². The Balaban J connectivity index is 1.66. The number of anilines is 2. The molecule has 3 aliphatic rings. The molecule has 27 heavy (non-hydrogen) atoms. The van der Waals surface area contributed by atoms with Gasteiger partial charge in [0.05, 0.1) is 22.6 Å². The van der Waals surface area contributed by atoms with Gasteiger partial charge in [0.1, 0.15) is 0 Å². The Morgan fingerprint density at radius 2 is 1.70 bits per heavy atom. The molecule has 2 heterocycles. The first-order chi connectivity index (χ1) is 12.3. The molecule has 0 N–H and O–H groups in total. The molecule has 1 atom stereocenters. The third kappa shape index (κ3) is 2.75. The van der Waals surface area contributed by atoms with Gasteiger partial charge in [-0.15, -0.1) is 0 Å². The summed E-state index contributed by atoms with van der Waals surface area (Å²) >= 11 is 0. The number of alkyl halides is 2. The van der Waals surface area contributed by atoms with Crippen LogP contribution in [0, 0.1) is 5.92 Å². The lowest BCUT2D eigenvalue weighted by molar-refractivity contribution is 0.00578. The van der Waals surface area contributed by atoms with Gasteiger partial charge in [-0.1, -0.05) is 6.07 Å². The van der Waals surface area contributed by atoms with E-state index in [9.17, 15) is 17.2 Å². The van der Waals surface area contributed by atoms with Crippen LogP contribution in [-0.2, 0) is 19.5 Å². The van der Waals surface area contributed by atoms with E-state index in [2.05, 4.69) is 0 Å². The molecule has 4 rings (SSSR count). The lowest BCUT2D eigenvalue weighted by Gasteiger charge is -2.32. The summed E-state index contributed by atoms with van der Waals surface area (Å²) in [6.07, 6.45) is -0.274. The van der Waals surface area contributed by atoms with Crippen LogP contribution in [-0.4, -0.2) is 46.3 Å². The van der Waals surface area contributed by atoms with E-state index < -0.39 is 40.4 Å². The highest BCUT2D eigenvalue weighted by Gasteiger charge is 2.59. The summed E-state index contributed by atoms with van der Waals surface area (Å²) in [5.41, 5.74) is 0.496. The van der Waals surface area contributed by atoms with Gasteiger partial charge < -0.3 is 9.31 Å². The molecular weight excluding hydrogens is 377 g/mol. The van der Waals surface area contributed by atoms with Gasteiger partial charge in [-0.2, -0.15) is 8.42 Å². The molecule has 2 aliphatic heterocycles. The van der Waals surface area contributed by atoms with Crippen molar-refractivity contribution in [2.45, 2.75) is 51.2 Å². The largest absolute Gasteiger partial charge is 0.494 e. The summed E-state index contributed by atoms with van der Waals surface area (Å²) in [6, 6.07) is 5.06. The first kappa shape index (κ1) is 19.0. The second kappa shape index (κ2) is 5.36. The molecule has 10 heteroatoms. The van der Waals surface area contributed by atoms with E-state index in [4.69, 9.17) is 9.31 Å². The van der Waals surface area contributed by atoms with Gasteiger partial charge in [0, 0.05) is 25.9 Å². The van der Waals surface area contributed by atoms with Crippen molar-refractivity contribution in [1.82, 2.24) is 0 Å². The maximum absolute atomic E-state index is 13.3. The zero-order valence-corrected chi connectivity index (χ0v) is 16.8. The van der Waals surface area contributed by atoms with Crippen LogP contribution >= 0.6 is 0 Å². The molecule has 6 nitrogen and oxygen atoms in total. The van der Waals surface area contributed by atoms with E-state index >= 15 is 0 Å². The molecule has 0 aromatic heterocycles. The normalized spacial score (nSPS) is 29.1. The van der Waals surface area contributed by atoms with Crippen LogP contribution in [0.2, 0.25) is 0 Å². The molecule has 0 spiro atoms. The number of benzene rings is 1. The molecule has 148 valence electrons. The number of halogens is 2. The van der Waals surface area contributed by atoms with Gasteiger partial charge >= 0.3 is 17.3 Å². The van der Waals surface area contributed by atoms with Crippen LogP contribution in [0.5, 0.6) is 0 Å². The van der Waals surface area contributed by atoms with Crippen LogP contribution < -0.4 is 14.1 Å². The quantitative estimate of drug-likeness (QED) is 0.730. The van der Waals surface area contributed by atoms with E-state index in [0.29, 0.717) is 16.8 Å². The summed E-state index contributed by atoms with van der Waals surface area (Å²) in [5.74, 6) is -3.71. The highest BCUT2D eigenvalue weighted by atomic mass is 32.2. The first-order valence-corrected chi connectivity index (χ1v) is 10.3. The van der Waals surface area contributed by atoms with Crippen molar-refractivity contribution in [3.05, 3.63) is 18.2 Å². The molecule has 1 unspecified atom stereocenters. The average Bonchev–Trinajstić information content (AvgIpc) is 3.01. The van der Waals surface area contributed by atoms with Crippen LogP contribution in [0.4, 0.5) is 20.2 Å². The summed E-state index contributed by atoms with van der Waals surface area (Å²) in [6.45, 7) is 7.54. The topological polar surface area (TPSA) is 59.1 Å². The Morgan fingerprint density at radius 1 is 1.15 bits per heavy atom. The maximum atomic E-state index is 13.3. The van der Waals surface area contributed by atoms with Crippen LogP contribution in [0.1, 0.15) is 34.1 Å². The van der Waals surface area contributed by atoms with Gasteiger partial charge in [0.25, 0.3) is 5.92 Å². The molecule has 1 aromatic rings. The lowest BCUT2D eigenvalue weighted by Crippen LogP contribution is -2.41. The van der Waals surface area contributed by atoms with Crippen LogP contribution in [0.25, 0.3) is 0 Å². The SMILES string of the molecule is CN1c2cc(B3OC(C)(C)C(C)(C)O3)ccc2N(CC2CC2(F)F)S1(=O)=O. The maximum Gasteiger partial charge on any atom is 0.494 e. The standard InChI is InChI=1S/C17H23BF2N2O4S/c1-15(2)16(3,4)26-18(25-15)12-6-7-13-14(8-12)21(5)27(23,24)22(13)10-11-9-17(11,19)20/h6-8,11H,9-10H2,1-5H3.